The lowest BCUT2D eigenvalue weighted by molar-refractivity contribution is -0.123. The minimum Gasteiger partial charge on any atom is -0.308 e. The molecule has 5 nitrogen and oxygen atoms in total. The van der Waals surface area contributed by atoms with E-state index in [0.717, 1.165) is 28.3 Å². The lowest BCUT2D eigenvalue weighted by Crippen LogP contribution is -2.52. The Balaban J connectivity index is 1.73. The maximum Gasteiger partial charge on any atom is 0.323 e. The molecule has 0 unspecified atom stereocenters. The summed E-state index contributed by atoms with van der Waals surface area (Å²) in [4.78, 5) is 29.2. The molecule has 2 aliphatic rings. The molecule has 0 bridgehead atoms. The van der Waals surface area contributed by atoms with Gasteiger partial charge in [0.05, 0.1) is 5.69 Å². The van der Waals surface area contributed by atoms with Crippen LogP contribution in [0.25, 0.3) is 0 Å². The number of para-hydroxylation sites is 1. The summed E-state index contributed by atoms with van der Waals surface area (Å²) < 4.78 is 0. The molecule has 1 spiro atoms. The number of benzene rings is 2. The van der Waals surface area contributed by atoms with Crippen molar-refractivity contribution in [1.29, 1.82) is 0 Å². The summed E-state index contributed by atoms with van der Waals surface area (Å²) in [6.07, 6.45) is 0. The Morgan fingerprint density at radius 1 is 1.19 bits per heavy atom. The molecule has 0 radical (unpaired) electrons. The molecule has 0 aromatic heterocycles. The van der Waals surface area contributed by atoms with Crippen molar-refractivity contribution in [3.63, 3.8) is 0 Å². The molecule has 1 fully saturated rings. The second-order valence-electron chi connectivity index (χ2n) is 7.23. The van der Waals surface area contributed by atoms with Gasteiger partial charge in [0.1, 0.15) is 0 Å². The zero-order chi connectivity index (χ0) is 19.2. The highest BCUT2D eigenvalue weighted by Gasteiger charge is 2.59. The van der Waals surface area contributed by atoms with Crippen molar-refractivity contribution >= 4 is 35.1 Å². The third-order valence-electron chi connectivity index (χ3n) is 5.07. The van der Waals surface area contributed by atoms with Crippen LogP contribution in [0.15, 0.2) is 48.5 Å². The normalized spacial score (nSPS) is 21.3. The second kappa shape index (κ2) is 6.60. The van der Waals surface area contributed by atoms with Crippen LogP contribution in [0, 0.1) is 6.92 Å². The van der Waals surface area contributed by atoms with Gasteiger partial charge < -0.3 is 10.2 Å². The number of hydrogen-bond acceptors (Lipinski definition) is 3. The number of hydrogen-bond donors (Lipinski definition) is 1. The minimum absolute atomic E-state index is 0.0272. The topological polar surface area (TPSA) is 52.7 Å². The van der Waals surface area contributed by atoms with E-state index in [-0.39, 0.29) is 18.0 Å². The Morgan fingerprint density at radius 3 is 2.70 bits per heavy atom. The van der Waals surface area contributed by atoms with E-state index >= 15 is 0 Å². The number of thioether (sulfide) groups is 1. The average Bonchev–Trinajstić information content (AvgIpc) is 3.17. The van der Waals surface area contributed by atoms with E-state index < -0.39 is 4.87 Å². The van der Waals surface area contributed by atoms with Gasteiger partial charge in [0.25, 0.3) is 5.91 Å². The van der Waals surface area contributed by atoms with Crippen LogP contribution in [0.3, 0.4) is 0 Å². The zero-order valence-corrected chi connectivity index (χ0v) is 16.5. The van der Waals surface area contributed by atoms with E-state index in [4.69, 9.17) is 0 Å². The summed E-state index contributed by atoms with van der Waals surface area (Å²) in [5.41, 5.74) is 3.63. The quantitative estimate of drug-likeness (QED) is 0.849. The fourth-order valence-electron chi connectivity index (χ4n) is 3.95. The van der Waals surface area contributed by atoms with Crippen LogP contribution in [-0.4, -0.2) is 35.2 Å². The number of fused-ring (bicyclic) bond motifs is 2. The molecular weight excluding hydrogens is 358 g/mol. The Kier molecular flexibility index (Phi) is 4.38. The molecule has 27 heavy (non-hydrogen) atoms. The number of rotatable bonds is 2. The van der Waals surface area contributed by atoms with Crippen LogP contribution in [0.5, 0.6) is 0 Å². The fourth-order valence-corrected chi connectivity index (χ4v) is 5.40. The molecule has 2 aromatic rings. The number of amides is 3. The number of aryl methyl sites for hydroxylation is 1. The molecule has 2 aliphatic heterocycles. The van der Waals surface area contributed by atoms with Crippen molar-refractivity contribution in [3.05, 3.63) is 59.7 Å². The van der Waals surface area contributed by atoms with Crippen molar-refractivity contribution < 1.29 is 9.59 Å². The summed E-state index contributed by atoms with van der Waals surface area (Å²) in [5.74, 6) is 0.702. The maximum atomic E-state index is 13.5. The van der Waals surface area contributed by atoms with Gasteiger partial charge in [-0.1, -0.05) is 30.3 Å². The number of nitrogens with zero attached hydrogens (tertiary/aromatic N) is 2. The Labute approximate surface area is 163 Å². The highest BCUT2D eigenvalue weighted by atomic mass is 32.2. The fraction of sp³-hybridized carbons (Fsp3) is 0.333. The molecule has 4 rings (SSSR count). The Bertz CT molecular complexity index is 914. The third kappa shape index (κ3) is 2.70. The van der Waals surface area contributed by atoms with Crippen LogP contribution in [-0.2, 0) is 9.67 Å². The molecule has 0 saturated carbocycles. The molecule has 2 aromatic carbocycles. The molecule has 1 N–H and O–H groups in total. The van der Waals surface area contributed by atoms with Crippen LogP contribution in [0.4, 0.5) is 16.2 Å². The molecule has 1 atom stereocenters. The van der Waals surface area contributed by atoms with E-state index in [1.54, 1.807) is 16.7 Å². The van der Waals surface area contributed by atoms with Gasteiger partial charge in [-0.2, -0.15) is 0 Å². The summed E-state index contributed by atoms with van der Waals surface area (Å²) in [6.45, 7) is 6.53. The lowest BCUT2D eigenvalue weighted by Gasteiger charge is -2.33. The van der Waals surface area contributed by atoms with Gasteiger partial charge in [-0.25, -0.2) is 4.79 Å². The third-order valence-corrected chi connectivity index (χ3v) is 6.49. The van der Waals surface area contributed by atoms with Gasteiger partial charge in [0.2, 0.25) is 0 Å². The molecule has 0 aliphatic carbocycles. The highest BCUT2D eigenvalue weighted by molar-refractivity contribution is 8.01. The molecular formula is C21H23N3O2S. The molecule has 6 heteroatoms. The van der Waals surface area contributed by atoms with Gasteiger partial charge in [-0.3, -0.25) is 9.69 Å². The predicted molar refractivity (Wildman–Crippen MR) is 110 cm³/mol. The van der Waals surface area contributed by atoms with Crippen LogP contribution < -0.4 is 10.2 Å². The van der Waals surface area contributed by atoms with Gasteiger partial charge in [-0.05, 0) is 44.5 Å². The van der Waals surface area contributed by atoms with Gasteiger partial charge in [-0.15, -0.1) is 11.8 Å². The summed E-state index contributed by atoms with van der Waals surface area (Å²) in [6, 6.07) is 15.3. The first kappa shape index (κ1) is 17.9. The highest BCUT2D eigenvalue weighted by Crippen LogP contribution is 2.54. The summed E-state index contributed by atoms with van der Waals surface area (Å²) in [7, 11) is 0. The van der Waals surface area contributed by atoms with Gasteiger partial charge in [0, 0.05) is 29.6 Å². The van der Waals surface area contributed by atoms with Crippen molar-refractivity contribution in [2.45, 2.75) is 31.7 Å². The van der Waals surface area contributed by atoms with Gasteiger partial charge >= 0.3 is 6.03 Å². The number of carbonyl (C=O) groups is 2. The largest absolute Gasteiger partial charge is 0.323 e. The summed E-state index contributed by atoms with van der Waals surface area (Å²) >= 11 is 1.55. The van der Waals surface area contributed by atoms with E-state index in [2.05, 4.69) is 5.32 Å². The predicted octanol–water partition coefficient (Wildman–Crippen LogP) is 4.18. The lowest BCUT2D eigenvalue weighted by atomic mass is 10.1. The number of nitrogens with one attached hydrogen (secondary N) is 1. The standard InChI is InChI=1S/C21H23N3O2S/c1-14(2)24-18-10-5-4-9-17(18)21(19(24)25)23(11-12-27-21)20(26)22-16-8-6-7-15(3)13-16/h4-10,13-14H,11-12H2,1-3H3,(H,22,26)/t21-/m1/s1. The van der Waals surface area contributed by atoms with E-state index in [1.165, 1.54) is 0 Å². The van der Waals surface area contributed by atoms with E-state index in [1.807, 2.05) is 74.2 Å². The first-order valence-electron chi connectivity index (χ1n) is 9.17. The second-order valence-corrected chi connectivity index (χ2v) is 8.52. The Hall–Kier alpha value is -2.47. The van der Waals surface area contributed by atoms with Crippen molar-refractivity contribution in [2.24, 2.45) is 0 Å². The van der Waals surface area contributed by atoms with Crippen LogP contribution >= 0.6 is 11.8 Å². The van der Waals surface area contributed by atoms with Gasteiger partial charge in [0.15, 0.2) is 4.87 Å². The maximum absolute atomic E-state index is 13.5. The first-order valence-corrected chi connectivity index (χ1v) is 10.2. The van der Waals surface area contributed by atoms with E-state index in [0.29, 0.717) is 6.54 Å². The molecule has 2 heterocycles. The number of carbonyl (C=O) groups excluding carboxylic acids is 2. The number of anilines is 2. The molecule has 140 valence electrons. The monoisotopic (exact) mass is 381 g/mol. The summed E-state index contributed by atoms with van der Waals surface area (Å²) in [5, 5.41) is 2.97. The Morgan fingerprint density at radius 2 is 1.96 bits per heavy atom. The van der Waals surface area contributed by atoms with Crippen LogP contribution in [0.1, 0.15) is 25.0 Å². The molecule has 1 saturated heterocycles. The van der Waals surface area contributed by atoms with E-state index in [9.17, 15) is 9.59 Å². The number of urea groups is 1. The minimum atomic E-state index is -0.977. The van der Waals surface area contributed by atoms with Crippen molar-refractivity contribution in [3.8, 4) is 0 Å². The van der Waals surface area contributed by atoms with Crippen molar-refractivity contribution in [2.75, 3.05) is 22.5 Å². The van der Waals surface area contributed by atoms with Crippen LogP contribution in [0.2, 0.25) is 0 Å². The molecule has 3 amide bonds. The average molecular weight is 382 g/mol. The SMILES string of the molecule is Cc1cccc(NC(=O)N2CCS[C@]23C(=O)N(C(C)C)c2ccccc23)c1. The van der Waals surface area contributed by atoms with Crippen molar-refractivity contribution in [1.82, 2.24) is 4.90 Å². The zero-order valence-electron chi connectivity index (χ0n) is 15.7. The first-order chi connectivity index (χ1) is 12.9. The smallest absolute Gasteiger partial charge is 0.308 e.